The summed E-state index contributed by atoms with van der Waals surface area (Å²) in [5.74, 6) is -0.917. The van der Waals surface area contributed by atoms with E-state index in [-0.39, 0.29) is 35.0 Å². The molecule has 1 aliphatic carbocycles. The molecule has 1 N–H and O–H groups in total. The number of likely N-dealkylation sites (N-methyl/N-ethyl adjacent to an activating group) is 1. The third kappa shape index (κ3) is 3.26. The maximum absolute atomic E-state index is 13.7. The fourth-order valence-corrected chi connectivity index (χ4v) is 5.27. The van der Waals surface area contributed by atoms with Crippen molar-refractivity contribution < 1.29 is 23.9 Å². The maximum Gasteiger partial charge on any atom is 0.335 e. The second-order valence-electron chi connectivity index (χ2n) is 9.46. The summed E-state index contributed by atoms with van der Waals surface area (Å²) >= 11 is 0. The number of benzene rings is 2. The lowest BCUT2D eigenvalue weighted by Gasteiger charge is -2.40. The molecule has 182 valence electrons. The van der Waals surface area contributed by atoms with E-state index in [0.29, 0.717) is 28.5 Å². The summed E-state index contributed by atoms with van der Waals surface area (Å²) < 4.78 is 13.7. The van der Waals surface area contributed by atoms with Gasteiger partial charge in [-0.05, 0) is 67.3 Å². The number of carboxylic acids is 1. The Morgan fingerprint density at radius 1 is 1.06 bits per heavy atom. The largest absolute Gasteiger partial charge is 0.478 e. The van der Waals surface area contributed by atoms with Crippen LogP contribution in [0.5, 0.6) is 0 Å². The lowest BCUT2D eigenvalue weighted by molar-refractivity contribution is -0.119. The highest BCUT2D eigenvalue weighted by Crippen LogP contribution is 2.45. The number of aromatic carboxylic acids is 1. The van der Waals surface area contributed by atoms with Crippen LogP contribution in [0.25, 0.3) is 0 Å². The average molecular weight is 487 g/mol. The lowest BCUT2D eigenvalue weighted by Crippen LogP contribution is -2.52. The number of hydrogen-bond donors (Lipinski definition) is 1. The molecule has 8 nitrogen and oxygen atoms in total. The monoisotopic (exact) mass is 486 g/mol. The Bertz CT molecular complexity index is 1440. The molecule has 3 aromatic rings. The molecule has 1 fully saturated rings. The Hall–Kier alpha value is -4.27. The molecular weight excluding hydrogens is 463 g/mol. The molecule has 2 aromatic carbocycles. The number of nitrogens with zero attached hydrogens (tertiary/aromatic N) is 4. The highest BCUT2D eigenvalue weighted by atomic mass is 19.1. The number of rotatable bonds is 4. The van der Waals surface area contributed by atoms with Gasteiger partial charge >= 0.3 is 5.97 Å². The Morgan fingerprint density at radius 3 is 2.44 bits per heavy atom. The summed E-state index contributed by atoms with van der Waals surface area (Å²) in [5, 5.41) is 9.47. The van der Waals surface area contributed by atoms with Gasteiger partial charge in [0.2, 0.25) is 5.91 Å². The zero-order valence-corrected chi connectivity index (χ0v) is 19.7. The van der Waals surface area contributed by atoms with Crippen molar-refractivity contribution in [3.05, 3.63) is 82.7 Å². The number of amides is 2. The minimum Gasteiger partial charge on any atom is -0.478 e. The van der Waals surface area contributed by atoms with Crippen molar-refractivity contribution in [1.29, 1.82) is 0 Å². The SMILES string of the molecule is CC1C(=O)N(C)c2ccc(N3C(=O)c4cc(C(=O)O)ccc4C3c3ccc(F)cc3)nc2N1C1CC1. The molecule has 0 bridgehead atoms. The molecule has 1 aromatic heterocycles. The summed E-state index contributed by atoms with van der Waals surface area (Å²) in [4.78, 5) is 48.2. The van der Waals surface area contributed by atoms with Crippen LogP contribution in [0.15, 0.2) is 54.6 Å². The number of carbonyl (C=O) groups excluding carboxylic acids is 2. The van der Waals surface area contributed by atoms with E-state index in [1.807, 2.05) is 11.8 Å². The maximum atomic E-state index is 13.7. The smallest absolute Gasteiger partial charge is 0.335 e. The first kappa shape index (κ1) is 22.2. The zero-order valence-electron chi connectivity index (χ0n) is 19.7. The molecule has 36 heavy (non-hydrogen) atoms. The van der Waals surface area contributed by atoms with Crippen LogP contribution in [0.1, 0.15) is 57.7 Å². The van der Waals surface area contributed by atoms with Crippen LogP contribution in [-0.4, -0.2) is 47.0 Å². The van der Waals surface area contributed by atoms with Crippen LogP contribution in [-0.2, 0) is 4.79 Å². The molecule has 0 spiro atoms. The van der Waals surface area contributed by atoms with Crippen LogP contribution >= 0.6 is 0 Å². The Labute approximate surface area is 206 Å². The van der Waals surface area contributed by atoms with Gasteiger partial charge in [0.15, 0.2) is 5.82 Å². The highest BCUT2D eigenvalue weighted by molar-refractivity contribution is 6.13. The number of carboxylic acid groups (broad SMARTS) is 1. The van der Waals surface area contributed by atoms with E-state index < -0.39 is 17.8 Å². The van der Waals surface area contributed by atoms with Crippen LogP contribution in [0, 0.1) is 5.82 Å². The molecule has 0 radical (unpaired) electrons. The third-order valence-electron chi connectivity index (χ3n) is 7.23. The fraction of sp³-hybridized carbons (Fsp3) is 0.259. The number of hydrogen-bond acceptors (Lipinski definition) is 5. The Morgan fingerprint density at radius 2 is 1.78 bits per heavy atom. The van der Waals surface area contributed by atoms with Crippen molar-refractivity contribution in [3.63, 3.8) is 0 Å². The van der Waals surface area contributed by atoms with Gasteiger partial charge in [-0.2, -0.15) is 0 Å². The normalized spacial score (nSPS) is 21.0. The second-order valence-corrected chi connectivity index (χ2v) is 9.46. The van der Waals surface area contributed by atoms with E-state index in [4.69, 9.17) is 4.98 Å². The number of carbonyl (C=O) groups is 3. The van der Waals surface area contributed by atoms with E-state index in [1.165, 1.54) is 29.2 Å². The van der Waals surface area contributed by atoms with Crippen molar-refractivity contribution in [2.24, 2.45) is 0 Å². The third-order valence-corrected chi connectivity index (χ3v) is 7.23. The standard InChI is InChI=1S/C27H23FN4O4/c1-14-25(33)30(2)21-11-12-22(29-24(21)31(14)18-8-9-18)32-23(15-3-6-17(28)7-4-15)19-10-5-16(27(35)36)13-20(19)26(32)34/h3-7,10-14,18,23H,8-9H2,1-2H3,(H,35,36). The number of anilines is 3. The summed E-state index contributed by atoms with van der Waals surface area (Å²) in [7, 11) is 1.72. The van der Waals surface area contributed by atoms with E-state index in [2.05, 4.69) is 0 Å². The molecule has 9 heteroatoms. The number of pyridine rings is 1. The van der Waals surface area contributed by atoms with Gasteiger partial charge in [-0.3, -0.25) is 14.5 Å². The summed E-state index contributed by atoms with van der Waals surface area (Å²) in [6.07, 6.45) is 1.94. The molecule has 0 saturated heterocycles. The van der Waals surface area contributed by atoms with Crippen molar-refractivity contribution in [3.8, 4) is 0 Å². The predicted molar refractivity (Wildman–Crippen MR) is 131 cm³/mol. The molecule has 2 aliphatic heterocycles. The molecule has 6 rings (SSSR count). The van der Waals surface area contributed by atoms with Crippen LogP contribution in [0.2, 0.25) is 0 Å². The number of aromatic nitrogens is 1. The van der Waals surface area contributed by atoms with Gasteiger partial charge in [0.05, 0.1) is 17.3 Å². The van der Waals surface area contributed by atoms with Crippen molar-refractivity contribution in [1.82, 2.24) is 4.98 Å². The Kier molecular flexibility index (Phi) is 4.86. The molecule has 3 heterocycles. The van der Waals surface area contributed by atoms with E-state index in [1.54, 1.807) is 42.3 Å². The minimum absolute atomic E-state index is 0.00840. The van der Waals surface area contributed by atoms with Gasteiger partial charge in [0, 0.05) is 18.7 Å². The molecule has 3 aliphatic rings. The molecular formula is C27H23FN4O4. The highest BCUT2D eigenvalue weighted by Gasteiger charge is 2.44. The van der Waals surface area contributed by atoms with Gasteiger partial charge in [-0.1, -0.05) is 18.2 Å². The molecule has 1 saturated carbocycles. The first-order chi connectivity index (χ1) is 17.3. The quantitative estimate of drug-likeness (QED) is 0.599. The first-order valence-electron chi connectivity index (χ1n) is 11.8. The van der Waals surface area contributed by atoms with Gasteiger partial charge < -0.3 is 14.9 Å². The predicted octanol–water partition coefficient (Wildman–Crippen LogP) is 4.00. The van der Waals surface area contributed by atoms with Crippen molar-refractivity contribution in [2.45, 2.75) is 37.9 Å². The fourth-order valence-electron chi connectivity index (χ4n) is 5.27. The first-order valence-corrected chi connectivity index (χ1v) is 11.8. The van der Waals surface area contributed by atoms with Crippen LogP contribution in [0.4, 0.5) is 21.7 Å². The van der Waals surface area contributed by atoms with Crippen molar-refractivity contribution >= 4 is 35.1 Å². The van der Waals surface area contributed by atoms with Gasteiger partial charge in [0.25, 0.3) is 5.91 Å². The minimum atomic E-state index is -1.13. The van der Waals surface area contributed by atoms with E-state index in [9.17, 15) is 23.9 Å². The zero-order chi connectivity index (χ0) is 25.3. The van der Waals surface area contributed by atoms with Gasteiger partial charge in [0.1, 0.15) is 17.7 Å². The van der Waals surface area contributed by atoms with Gasteiger partial charge in [-0.15, -0.1) is 0 Å². The lowest BCUT2D eigenvalue weighted by atomic mass is 9.96. The molecule has 2 amide bonds. The topological polar surface area (TPSA) is 94.0 Å². The molecule has 2 atom stereocenters. The average Bonchev–Trinajstić information content (AvgIpc) is 3.66. The summed E-state index contributed by atoms with van der Waals surface area (Å²) in [5.41, 5.74) is 2.24. The van der Waals surface area contributed by atoms with E-state index in [0.717, 1.165) is 12.8 Å². The van der Waals surface area contributed by atoms with Crippen LogP contribution in [0.3, 0.4) is 0 Å². The molecule has 2 unspecified atom stereocenters. The van der Waals surface area contributed by atoms with Crippen molar-refractivity contribution in [2.75, 3.05) is 21.7 Å². The van der Waals surface area contributed by atoms with Gasteiger partial charge in [-0.25, -0.2) is 14.2 Å². The Balaban J connectivity index is 1.51. The second kappa shape index (κ2) is 7.87. The summed E-state index contributed by atoms with van der Waals surface area (Å²) in [6, 6.07) is 13.1. The van der Waals surface area contributed by atoms with Crippen LogP contribution < -0.4 is 14.7 Å². The number of halogens is 1. The summed E-state index contributed by atoms with van der Waals surface area (Å²) in [6.45, 7) is 1.86. The number of fused-ring (bicyclic) bond motifs is 2. The van der Waals surface area contributed by atoms with E-state index >= 15 is 0 Å².